The Morgan fingerprint density at radius 2 is 1.77 bits per heavy atom. The molecule has 0 unspecified atom stereocenters. The Bertz CT molecular complexity index is 853. The molecule has 30 heavy (non-hydrogen) atoms. The third-order valence-electron chi connectivity index (χ3n) is 4.81. The average molecular weight is 451 g/mol. The number of rotatable bonds is 10. The molecule has 0 radical (unpaired) electrons. The molecule has 2 aromatic carbocycles. The van der Waals surface area contributed by atoms with Crippen LogP contribution in [0.25, 0.3) is 0 Å². The fourth-order valence-corrected chi connectivity index (χ4v) is 3.74. The molecule has 2 aromatic rings. The Morgan fingerprint density at radius 1 is 1.10 bits per heavy atom. The lowest BCUT2D eigenvalue weighted by molar-refractivity contribution is -0.140. The highest BCUT2D eigenvalue weighted by molar-refractivity contribution is 6.36. The third-order valence-corrected chi connectivity index (χ3v) is 5.52. The van der Waals surface area contributed by atoms with Gasteiger partial charge in [0.2, 0.25) is 11.8 Å². The SMILES string of the molecule is CCCNC(=O)[C@H](CC)N(Cc1cccc(OC)c1)C(=O)Cc1c(Cl)cccc1Cl. The lowest BCUT2D eigenvalue weighted by Gasteiger charge is -2.31. The quantitative estimate of drug-likeness (QED) is 0.560. The molecule has 0 heterocycles. The van der Waals surface area contributed by atoms with Gasteiger partial charge in [0.1, 0.15) is 11.8 Å². The van der Waals surface area contributed by atoms with Crippen LogP contribution in [-0.4, -0.2) is 36.4 Å². The normalized spacial score (nSPS) is 11.6. The van der Waals surface area contributed by atoms with Gasteiger partial charge in [-0.15, -0.1) is 0 Å². The molecule has 0 spiro atoms. The van der Waals surface area contributed by atoms with E-state index < -0.39 is 6.04 Å². The molecule has 0 saturated heterocycles. The first-order chi connectivity index (χ1) is 14.4. The number of amides is 2. The molecule has 0 saturated carbocycles. The molecular weight excluding hydrogens is 423 g/mol. The minimum Gasteiger partial charge on any atom is -0.497 e. The smallest absolute Gasteiger partial charge is 0.242 e. The number of hydrogen-bond acceptors (Lipinski definition) is 3. The minimum absolute atomic E-state index is 0.0139. The van der Waals surface area contributed by atoms with E-state index in [-0.39, 0.29) is 24.8 Å². The van der Waals surface area contributed by atoms with E-state index in [9.17, 15) is 9.59 Å². The first kappa shape index (κ1) is 24.0. The Labute approximate surface area is 188 Å². The Hall–Kier alpha value is -2.24. The highest BCUT2D eigenvalue weighted by atomic mass is 35.5. The van der Waals surface area contributed by atoms with Crippen LogP contribution in [0.3, 0.4) is 0 Å². The Kier molecular flexibility index (Phi) is 9.47. The van der Waals surface area contributed by atoms with Crippen LogP contribution < -0.4 is 10.1 Å². The summed E-state index contributed by atoms with van der Waals surface area (Å²) in [6, 6.07) is 12.0. The summed E-state index contributed by atoms with van der Waals surface area (Å²) in [7, 11) is 1.59. The number of methoxy groups -OCH3 is 1. The molecule has 0 aliphatic heterocycles. The first-order valence-corrected chi connectivity index (χ1v) is 10.8. The number of carbonyl (C=O) groups excluding carboxylic acids is 2. The number of benzene rings is 2. The zero-order valence-corrected chi connectivity index (χ0v) is 19.1. The zero-order chi connectivity index (χ0) is 22.1. The molecular formula is C23H28Cl2N2O3. The maximum Gasteiger partial charge on any atom is 0.242 e. The van der Waals surface area contributed by atoms with Crippen molar-refractivity contribution in [2.75, 3.05) is 13.7 Å². The Morgan fingerprint density at radius 3 is 2.37 bits per heavy atom. The number of hydrogen-bond donors (Lipinski definition) is 1. The van der Waals surface area contributed by atoms with Crippen molar-refractivity contribution in [2.45, 2.75) is 45.7 Å². The van der Waals surface area contributed by atoms with Crippen molar-refractivity contribution in [1.29, 1.82) is 0 Å². The molecule has 0 aliphatic rings. The summed E-state index contributed by atoms with van der Waals surface area (Å²) in [5.41, 5.74) is 1.43. The van der Waals surface area contributed by atoms with Gasteiger partial charge in [-0.2, -0.15) is 0 Å². The van der Waals surface area contributed by atoms with E-state index in [1.165, 1.54) is 0 Å². The summed E-state index contributed by atoms with van der Waals surface area (Å²) < 4.78 is 5.29. The molecule has 162 valence electrons. The molecule has 0 fully saturated rings. The van der Waals surface area contributed by atoms with Crippen LogP contribution in [0.2, 0.25) is 10.0 Å². The van der Waals surface area contributed by atoms with Crippen molar-refractivity contribution >= 4 is 35.0 Å². The van der Waals surface area contributed by atoms with Gasteiger partial charge in [0, 0.05) is 23.1 Å². The fraction of sp³-hybridized carbons (Fsp3) is 0.391. The summed E-state index contributed by atoms with van der Waals surface area (Å²) in [4.78, 5) is 27.7. The van der Waals surface area contributed by atoms with E-state index >= 15 is 0 Å². The van der Waals surface area contributed by atoms with Crippen molar-refractivity contribution in [1.82, 2.24) is 10.2 Å². The number of nitrogens with one attached hydrogen (secondary N) is 1. The summed E-state index contributed by atoms with van der Waals surface area (Å²) in [6.45, 7) is 4.72. The molecule has 0 aliphatic carbocycles. The summed E-state index contributed by atoms with van der Waals surface area (Å²) in [5, 5.41) is 3.77. The average Bonchev–Trinajstić information content (AvgIpc) is 2.74. The van der Waals surface area contributed by atoms with Gasteiger partial charge in [0.25, 0.3) is 0 Å². The third kappa shape index (κ3) is 6.38. The zero-order valence-electron chi connectivity index (χ0n) is 17.6. The van der Waals surface area contributed by atoms with Crippen molar-refractivity contribution in [3.8, 4) is 5.75 Å². The highest BCUT2D eigenvalue weighted by Crippen LogP contribution is 2.26. The summed E-state index contributed by atoms with van der Waals surface area (Å²) >= 11 is 12.5. The predicted molar refractivity (Wildman–Crippen MR) is 121 cm³/mol. The van der Waals surface area contributed by atoms with Crippen LogP contribution in [0.4, 0.5) is 0 Å². The maximum absolute atomic E-state index is 13.4. The fourth-order valence-electron chi connectivity index (χ4n) is 3.21. The van der Waals surface area contributed by atoms with E-state index in [0.717, 1.165) is 12.0 Å². The second-order valence-electron chi connectivity index (χ2n) is 6.97. The molecule has 5 nitrogen and oxygen atoms in total. The van der Waals surface area contributed by atoms with Crippen LogP contribution in [-0.2, 0) is 22.6 Å². The molecule has 0 aromatic heterocycles. The van der Waals surface area contributed by atoms with Gasteiger partial charge in [-0.1, -0.05) is 55.2 Å². The first-order valence-electron chi connectivity index (χ1n) is 10.0. The van der Waals surface area contributed by atoms with E-state index in [1.807, 2.05) is 38.1 Å². The second kappa shape index (κ2) is 11.8. The summed E-state index contributed by atoms with van der Waals surface area (Å²) in [6.07, 6.45) is 1.32. The molecule has 1 atom stereocenters. The molecule has 0 bridgehead atoms. The van der Waals surface area contributed by atoms with E-state index in [1.54, 1.807) is 30.2 Å². The number of nitrogens with zero attached hydrogens (tertiary/aromatic N) is 1. The maximum atomic E-state index is 13.4. The largest absolute Gasteiger partial charge is 0.497 e. The van der Waals surface area contributed by atoms with Gasteiger partial charge in [-0.25, -0.2) is 0 Å². The lowest BCUT2D eigenvalue weighted by atomic mass is 10.1. The van der Waals surface area contributed by atoms with E-state index in [0.29, 0.717) is 34.3 Å². The molecule has 2 rings (SSSR count). The van der Waals surface area contributed by atoms with Crippen molar-refractivity contribution in [3.63, 3.8) is 0 Å². The number of ether oxygens (including phenoxy) is 1. The van der Waals surface area contributed by atoms with Crippen molar-refractivity contribution < 1.29 is 14.3 Å². The van der Waals surface area contributed by atoms with Crippen LogP contribution in [0, 0.1) is 0 Å². The molecule has 2 amide bonds. The van der Waals surface area contributed by atoms with Gasteiger partial charge in [-0.3, -0.25) is 9.59 Å². The van der Waals surface area contributed by atoms with Gasteiger partial charge in [-0.05, 0) is 48.2 Å². The van der Waals surface area contributed by atoms with Gasteiger partial charge in [0.15, 0.2) is 0 Å². The highest BCUT2D eigenvalue weighted by Gasteiger charge is 2.29. The lowest BCUT2D eigenvalue weighted by Crippen LogP contribution is -2.49. The van der Waals surface area contributed by atoms with Crippen molar-refractivity contribution in [2.24, 2.45) is 0 Å². The monoisotopic (exact) mass is 450 g/mol. The molecule has 7 heteroatoms. The Balaban J connectivity index is 2.35. The molecule has 1 N–H and O–H groups in total. The number of halogens is 2. The minimum atomic E-state index is -0.600. The summed E-state index contributed by atoms with van der Waals surface area (Å²) in [5.74, 6) is 0.310. The van der Waals surface area contributed by atoms with Crippen LogP contribution in [0.5, 0.6) is 5.75 Å². The van der Waals surface area contributed by atoms with Crippen LogP contribution in [0.15, 0.2) is 42.5 Å². The van der Waals surface area contributed by atoms with Gasteiger partial charge < -0.3 is 15.0 Å². The van der Waals surface area contributed by atoms with Crippen LogP contribution >= 0.6 is 23.2 Å². The van der Waals surface area contributed by atoms with Gasteiger partial charge in [0.05, 0.1) is 13.5 Å². The van der Waals surface area contributed by atoms with Crippen LogP contribution in [0.1, 0.15) is 37.8 Å². The predicted octanol–water partition coefficient (Wildman–Crippen LogP) is 4.88. The van der Waals surface area contributed by atoms with E-state index in [4.69, 9.17) is 27.9 Å². The topological polar surface area (TPSA) is 58.6 Å². The standard InChI is InChI=1S/C23H28Cl2N2O3/c1-4-12-26-23(29)21(5-2)27(15-16-8-6-9-17(13-16)30-3)22(28)14-18-19(24)10-7-11-20(18)25/h6-11,13,21H,4-5,12,14-15H2,1-3H3,(H,26,29)/t21-/m0/s1. The second-order valence-corrected chi connectivity index (χ2v) is 7.78. The van der Waals surface area contributed by atoms with Gasteiger partial charge >= 0.3 is 0 Å². The number of carbonyl (C=O) groups is 2. The van der Waals surface area contributed by atoms with E-state index in [2.05, 4.69) is 5.32 Å². The van der Waals surface area contributed by atoms with Crippen molar-refractivity contribution in [3.05, 3.63) is 63.6 Å².